The minimum absolute atomic E-state index is 0.0462. The topological polar surface area (TPSA) is 41.1 Å². The number of carbonyl (C=O) groups excluding carboxylic acids is 1. The Morgan fingerprint density at radius 3 is 2.44 bits per heavy atom. The monoisotopic (exact) mass is 332 g/mol. The Morgan fingerprint density at radius 1 is 0.920 bits per heavy atom. The molecule has 2 aromatic carbocycles. The van der Waals surface area contributed by atoms with E-state index < -0.39 is 0 Å². The van der Waals surface area contributed by atoms with E-state index in [2.05, 4.69) is 47.0 Å². The van der Waals surface area contributed by atoms with Gasteiger partial charge in [0.05, 0.1) is 5.92 Å². The third kappa shape index (κ3) is 2.33. The van der Waals surface area contributed by atoms with Crippen LogP contribution in [0.15, 0.2) is 54.6 Å². The van der Waals surface area contributed by atoms with Gasteiger partial charge in [-0.1, -0.05) is 67.4 Å². The summed E-state index contributed by atoms with van der Waals surface area (Å²) in [4.78, 5) is 13.2. The molecule has 25 heavy (non-hydrogen) atoms. The molecule has 0 radical (unpaired) electrons. The Kier molecular flexibility index (Phi) is 3.46. The molecule has 3 unspecified atom stereocenters. The number of amides is 1. The number of nitrogens with one attached hydrogen (secondary N) is 2. The van der Waals surface area contributed by atoms with Crippen molar-refractivity contribution in [2.24, 2.45) is 11.3 Å². The SMILES string of the molecule is O=C1NC(c2ccccc2)NC2c3ccccc3CC3(CCCC3)C12. The van der Waals surface area contributed by atoms with Crippen molar-refractivity contribution in [1.29, 1.82) is 0 Å². The first-order valence-corrected chi connectivity index (χ1v) is 9.46. The number of fused-ring (bicyclic) bond motifs is 4. The van der Waals surface area contributed by atoms with E-state index >= 15 is 0 Å². The van der Waals surface area contributed by atoms with Crippen molar-refractivity contribution in [3.8, 4) is 0 Å². The molecule has 2 aliphatic carbocycles. The lowest BCUT2D eigenvalue weighted by Gasteiger charge is -2.50. The summed E-state index contributed by atoms with van der Waals surface area (Å²) in [6.45, 7) is 0. The largest absolute Gasteiger partial charge is 0.336 e. The van der Waals surface area contributed by atoms with Crippen LogP contribution in [0, 0.1) is 11.3 Å². The number of hydrogen-bond donors (Lipinski definition) is 2. The standard InChI is InChI=1S/C22H24N2O/c25-21-18-19(23-20(24-21)15-8-2-1-3-9-15)17-11-5-4-10-16(17)14-22(18)12-6-7-13-22/h1-5,8-11,18-20,23H,6-7,12-14H2,(H,24,25). The van der Waals surface area contributed by atoms with E-state index in [4.69, 9.17) is 0 Å². The molecular formula is C22H24N2O. The van der Waals surface area contributed by atoms with Crippen LogP contribution in [0.5, 0.6) is 0 Å². The van der Waals surface area contributed by atoms with Gasteiger partial charge in [0.15, 0.2) is 0 Å². The maximum atomic E-state index is 13.2. The summed E-state index contributed by atoms with van der Waals surface area (Å²) in [5.41, 5.74) is 4.01. The summed E-state index contributed by atoms with van der Waals surface area (Å²) in [5, 5.41) is 7.04. The van der Waals surface area contributed by atoms with Crippen molar-refractivity contribution in [3.05, 3.63) is 71.3 Å². The fourth-order valence-electron chi connectivity index (χ4n) is 5.48. The van der Waals surface area contributed by atoms with Gasteiger partial charge in [0.2, 0.25) is 5.91 Å². The lowest BCUT2D eigenvalue weighted by Crippen LogP contribution is -2.59. The van der Waals surface area contributed by atoms with Gasteiger partial charge < -0.3 is 5.32 Å². The molecular weight excluding hydrogens is 308 g/mol. The van der Waals surface area contributed by atoms with Crippen LogP contribution in [0.2, 0.25) is 0 Å². The molecule has 128 valence electrons. The molecule has 1 amide bonds. The molecule has 1 spiro atoms. The normalized spacial score (nSPS) is 29.8. The first kappa shape index (κ1) is 15.2. The van der Waals surface area contributed by atoms with Gasteiger partial charge in [-0.05, 0) is 41.4 Å². The highest BCUT2D eigenvalue weighted by atomic mass is 16.2. The average molecular weight is 332 g/mol. The molecule has 2 aromatic rings. The van der Waals surface area contributed by atoms with Crippen molar-refractivity contribution in [1.82, 2.24) is 10.6 Å². The van der Waals surface area contributed by atoms with Gasteiger partial charge in [-0.25, -0.2) is 0 Å². The molecule has 3 atom stereocenters. The van der Waals surface area contributed by atoms with Gasteiger partial charge in [-0.15, -0.1) is 0 Å². The Balaban J connectivity index is 1.59. The van der Waals surface area contributed by atoms with E-state index in [0.717, 1.165) is 12.0 Å². The van der Waals surface area contributed by atoms with Crippen molar-refractivity contribution < 1.29 is 4.79 Å². The Hall–Kier alpha value is -2.13. The molecule has 5 rings (SSSR count). The minimum atomic E-state index is -0.112. The molecule has 3 nitrogen and oxygen atoms in total. The van der Waals surface area contributed by atoms with Crippen LogP contribution in [0.3, 0.4) is 0 Å². The minimum Gasteiger partial charge on any atom is -0.336 e. The lowest BCUT2D eigenvalue weighted by atomic mass is 9.60. The number of rotatable bonds is 1. The fraction of sp³-hybridized carbons (Fsp3) is 0.409. The molecule has 0 bridgehead atoms. The van der Waals surface area contributed by atoms with Gasteiger partial charge in [0.1, 0.15) is 6.17 Å². The Bertz CT molecular complexity index is 795. The van der Waals surface area contributed by atoms with Crippen molar-refractivity contribution in [2.45, 2.75) is 44.3 Å². The maximum Gasteiger partial charge on any atom is 0.227 e. The summed E-state index contributed by atoms with van der Waals surface area (Å²) in [6, 6.07) is 19.1. The van der Waals surface area contributed by atoms with Crippen LogP contribution in [-0.4, -0.2) is 5.91 Å². The fourth-order valence-corrected chi connectivity index (χ4v) is 5.48. The van der Waals surface area contributed by atoms with Crippen molar-refractivity contribution in [3.63, 3.8) is 0 Å². The van der Waals surface area contributed by atoms with E-state index in [0.29, 0.717) is 0 Å². The second-order valence-electron chi connectivity index (χ2n) is 7.92. The molecule has 3 heteroatoms. The quantitative estimate of drug-likeness (QED) is 0.832. The van der Waals surface area contributed by atoms with Gasteiger partial charge in [0.25, 0.3) is 0 Å². The van der Waals surface area contributed by atoms with Crippen LogP contribution in [0.1, 0.15) is 54.6 Å². The summed E-state index contributed by atoms with van der Waals surface area (Å²) in [7, 11) is 0. The molecule has 3 aliphatic rings. The van der Waals surface area contributed by atoms with Crippen molar-refractivity contribution >= 4 is 5.91 Å². The van der Waals surface area contributed by atoms with E-state index in [1.54, 1.807) is 0 Å². The van der Waals surface area contributed by atoms with E-state index in [9.17, 15) is 4.79 Å². The molecule has 2 fully saturated rings. The summed E-state index contributed by atoms with van der Waals surface area (Å²) in [5.74, 6) is 0.277. The highest BCUT2D eigenvalue weighted by molar-refractivity contribution is 5.82. The number of hydrogen-bond acceptors (Lipinski definition) is 2. The van der Waals surface area contributed by atoms with E-state index in [-0.39, 0.29) is 29.4 Å². The van der Waals surface area contributed by atoms with Crippen molar-refractivity contribution in [2.75, 3.05) is 0 Å². The van der Waals surface area contributed by atoms with Crippen LogP contribution in [0.25, 0.3) is 0 Å². The third-order valence-electron chi connectivity index (χ3n) is 6.57. The van der Waals surface area contributed by atoms with Crippen LogP contribution in [0.4, 0.5) is 0 Å². The molecule has 1 aliphatic heterocycles. The molecule has 2 N–H and O–H groups in total. The highest BCUT2D eigenvalue weighted by Gasteiger charge is 2.54. The van der Waals surface area contributed by atoms with Gasteiger partial charge in [0, 0.05) is 6.04 Å². The molecule has 0 aromatic heterocycles. The van der Waals surface area contributed by atoms with Crippen LogP contribution in [-0.2, 0) is 11.2 Å². The zero-order valence-corrected chi connectivity index (χ0v) is 14.4. The lowest BCUT2D eigenvalue weighted by molar-refractivity contribution is -0.136. The second-order valence-corrected chi connectivity index (χ2v) is 7.92. The predicted octanol–water partition coefficient (Wildman–Crippen LogP) is 3.88. The van der Waals surface area contributed by atoms with Gasteiger partial charge in [-0.3, -0.25) is 10.1 Å². The molecule has 1 heterocycles. The first-order valence-electron chi connectivity index (χ1n) is 9.46. The smallest absolute Gasteiger partial charge is 0.227 e. The van der Waals surface area contributed by atoms with Gasteiger partial charge in [-0.2, -0.15) is 0 Å². The molecule has 1 saturated carbocycles. The van der Waals surface area contributed by atoms with Gasteiger partial charge >= 0.3 is 0 Å². The number of carbonyl (C=O) groups is 1. The highest BCUT2D eigenvalue weighted by Crippen LogP contribution is 2.56. The first-order chi connectivity index (χ1) is 12.3. The zero-order valence-electron chi connectivity index (χ0n) is 14.4. The predicted molar refractivity (Wildman–Crippen MR) is 97.7 cm³/mol. The maximum absolute atomic E-state index is 13.2. The summed E-state index contributed by atoms with van der Waals surface area (Å²) < 4.78 is 0. The molecule has 1 saturated heterocycles. The van der Waals surface area contributed by atoms with E-state index in [1.807, 2.05) is 18.2 Å². The third-order valence-corrected chi connectivity index (χ3v) is 6.57. The Labute approximate surface area is 148 Å². The summed E-state index contributed by atoms with van der Waals surface area (Å²) in [6.07, 6.45) is 5.79. The Morgan fingerprint density at radius 2 is 1.64 bits per heavy atom. The van der Waals surface area contributed by atoms with E-state index in [1.165, 1.54) is 36.8 Å². The average Bonchev–Trinajstić information content (AvgIpc) is 3.10. The van der Waals surface area contributed by atoms with Crippen LogP contribution < -0.4 is 10.6 Å². The summed E-state index contributed by atoms with van der Waals surface area (Å²) >= 11 is 0. The van der Waals surface area contributed by atoms with Crippen LogP contribution >= 0.6 is 0 Å². The second kappa shape index (κ2) is 5.70. The number of benzene rings is 2. The zero-order chi connectivity index (χ0) is 16.9.